The molecule has 2 aromatic carbocycles. The molecule has 1 aliphatic rings. The maximum Gasteiger partial charge on any atom is 0.408 e. The minimum Gasteiger partial charge on any atom is -0.465 e. The lowest BCUT2D eigenvalue weighted by molar-refractivity contribution is 0.0719. The fraction of sp³-hybridized carbons (Fsp3) is 0.360. The van der Waals surface area contributed by atoms with Crippen LogP contribution in [0.5, 0.6) is 0 Å². The van der Waals surface area contributed by atoms with Crippen LogP contribution in [0, 0.1) is 0 Å². The molecule has 9 nitrogen and oxygen atoms in total. The zero-order valence-electron chi connectivity index (χ0n) is 20.0. The molecule has 1 aromatic heterocycles. The standard InChI is InChI=1S/C25H28ClN5O4/c1-14(31(24(34)35)25(2,3)4)21-29-19-10-6-9-18(26)20(19)22(32)30(21)17-8-5-7-16(13-17)28-23(33)27-15-11-12-15/h5-10,13-15H,11-12H2,1-4H3,(H,34,35)(H2,27,28,33). The first-order chi connectivity index (χ1) is 16.5. The quantitative estimate of drug-likeness (QED) is 0.450. The van der Waals surface area contributed by atoms with E-state index < -0.39 is 23.2 Å². The van der Waals surface area contributed by atoms with Crippen molar-refractivity contribution in [1.82, 2.24) is 19.8 Å². The monoisotopic (exact) mass is 497 g/mol. The second-order valence-corrected chi connectivity index (χ2v) is 10.1. The van der Waals surface area contributed by atoms with Crippen LogP contribution in [0.2, 0.25) is 5.02 Å². The number of carboxylic acid groups (broad SMARTS) is 1. The van der Waals surface area contributed by atoms with Crippen LogP contribution in [0.3, 0.4) is 0 Å². The Hall–Kier alpha value is -3.59. The molecule has 0 radical (unpaired) electrons. The molecule has 1 aliphatic carbocycles. The molecular weight excluding hydrogens is 470 g/mol. The number of aromatic nitrogens is 2. The van der Waals surface area contributed by atoms with E-state index in [1.54, 1.807) is 70.2 Å². The van der Waals surface area contributed by atoms with Crippen LogP contribution < -0.4 is 16.2 Å². The molecule has 4 rings (SSSR count). The van der Waals surface area contributed by atoms with Crippen LogP contribution in [-0.2, 0) is 0 Å². The Morgan fingerprint density at radius 1 is 1.20 bits per heavy atom. The van der Waals surface area contributed by atoms with Crippen LogP contribution in [0.1, 0.15) is 52.4 Å². The average Bonchev–Trinajstić information content (AvgIpc) is 3.56. The van der Waals surface area contributed by atoms with E-state index in [9.17, 15) is 19.5 Å². The Morgan fingerprint density at radius 2 is 1.89 bits per heavy atom. The first-order valence-corrected chi connectivity index (χ1v) is 11.8. The Balaban J connectivity index is 1.89. The maximum atomic E-state index is 13.8. The Labute approximate surface area is 207 Å². The lowest BCUT2D eigenvalue weighted by atomic mass is 10.0. The van der Waals surface area contributed by atoms with Gasteiger partial charge in [0.1, 0.15) is 5.82 Å². The maximum absolute atomic E-state index is 13.8. The normalized spacial score (nSPS) is 14.4. The number of hydrogen-bond donors (Lipinski definition) is 3. The SMILES string of the molecule is CC(c1nc2cccc(Cl)c2c(=O)n1-c1cccc(NC(=O)NC2CC2)c1)N(C(=O)O)C(C)(C)C. The van der Waals surface area contributed by atoms with Crippen molar-refractivity contribution in [1.29, 1.82) is 0 Å². The van der Waals surface area contributed by atoms with E-state index in [0.717, 1.165) is 12.8 Å². The van der Waals surface area contributed by atoms with Gasteiger partial charge in [-0.05, 0) is 70.9 Å². The van der Waals surface area contributed by atoms with Crippen LogP contribution in [0.4, 0.5) is 15.3 Å². The largest absolute Gasteiger partial charge is 0.465 e. The predicted octanol–water partition coefficient (Wildman–Crippen LogP) is 5.16. The number of urea groups is 1. The fourth-order valence-corrected chi connectivity index (χ4v) is 4.44. The molecular formula is C25H28ClN5O4. The number of halogens is 1. The van der Waals surface area contributed by atoms with Crippen molar-refractivity contribution in [2.24, 2.45) is 0 Å². The lowest BCUT2D eigenvalue weighted by Gasteiger charge is -2.38. The molecule has 3 N–H and O–H groups in total. The van der Waals surface area contributed by atoms with Gasteiger partial charge in [0.2, 0.25) is 0 Å². The lowest BCUT2D eigenvalue weighted by Crippen LogP contribution is -2.47. The van der Waals surface area contributed by atoms with Gasteiger partial charge in [0.25, 0.3) is 5.56 Å². The van der Waals surface area contributed by atoms with Gasteiger partial charge in [-0.3, -0.25) is 14.3 Å². The summed E-state index contributed by atoms with van der Waals surface area (Å²) in [6.07, 6.45) is 0.785. The van der Waals surface area contributed by atoms with E-state index in [-0.39, 0.29) is 28.3 Å². The van der Waals surface area contributed by atoms with Gasteiger partial charge in [0.15, 0.2) is 0 Å². The predicted molar refractivity (Wildman–Crippen MR) is 136 cm³/mol. The molecule has 184 valence electrons. The van der Waals surface area contributed by atoms with Gasteiger partial charge < -0.3 is 15.7 Å². The summed E-state index contributed by atoms with van der Waals surface area (Å²) in [5.41, 5.74) is 0.0895. The topological polar surface area (TPSA) is 117 Å². The first kappa shape index (κ1) is 24.5. The smallest absolute Gasteiger partial charge is 0.408 e. The summed E-state index contributed by atoms with van der Waals surface area (Å²) in [4.78, 5) is 44.2. The first-order valence-electron chi connectivity index (χ1n) is 11.4. The zero-order chi connectivity index (χ0) is 25.5. The molecule has 0 saturated heterocycles. The highest BCUT2D eigenvalue weighted by Crippen LogP contribution is 2.30. The molecule has 3 aromatic rings. The number of carbonyl (C=O) groups is 2. The van der Waals surface area contributed by atoms with Crippen molar-refractivity contribution in [3.8, 4) is 5.69 Å². The van der Waals surface area contributed by atoms with Crippen molar-refractivity contribution in [2.45, 2.75) is 58.2 Å². The number of carbonyl (C=O) groups excluding carboxylic acids is 1. The number of benzene rings is 2. The van der Waals surface area contributed by atoms with Crippen LogP contribution in [-0.4, -0.2) is 43.3 Å². The highest BCUT2D eigenvalue weighted by atomic mass is 35.5. The number of rotatable bonds is 5. The second kappa shape index (κ2) is 9.22. The molecule has 1 unspecified atom stereocenters. The highest BCUT2D eigenvalue weighted by molar-refractivity contribution is 6.35. The van der Waals surface area contributed by atoms with Crippen LogP contribution in [0.25, 0.3) is 16.6 Å². The molecule has 1 heterocycles. The molecule has 3 amide bonds. The summed E-state index contributed by atoms with van der Waals surface area (Å²) in [5, 5.41) is 16.1. The third kappa shape index (κ3) is 5.09. The van der Waals surface area contributed by atoms with E-state index in [4.69, 9.17) is 16.6 Å². The Kier molecular flexibility index (Phi) is 6.46. The van der Waals surface area contributed by atoms with Gasteiger partial charge in [-0.15, -0.1) is 0 Å². The summed E-state index contributed by atoms with van der Waals surface area (Å²) in [7, 11) is 0. The number of hydrogen-bond acceptors (Lipinski definition) is 4. The van der Waals surface area contributed by atoms with E-state index in [2.05, 4.69) is 10.6 Å². The van der Waals surface area contributed by atoms with E-state index in [1.165, 1.54) is 9.47 Å². The van der Waals surface area contributed by atoms with E-state index in [1.807, 2.05) is 0 Å². The summed E-state index contributed by atoms with van der Waals surface area (Å²) in [6.45, 7) is 7.03. The number of amides is 3. The van der Waals surface area contributed by atoms with Gasteiger partial charge >= 0.3 is 12.1 Å². The number of anilines is 1. The fourth-order valence-electron chi connectivity index (χ4n) is 4.19. The third-order valence-corrected chi connectivity index (χ3v) is 6.15. The third-order valence-electron chi connectivity index (χ3n) is 5.84. The molecule has 0 aliphatic heterocycles. The summed E-state index contributed by atoms with van der Waals surface area (Å²) in [5.74, 6) is 0.238. The molecule has 0 bridgehead atoms. The minimum absolute atomic E-state index is 0.194. The molecule has 10 heteroatoms. The van der Waals surface area contributed by atoms with Crippen molar-refractivity contribution >= 4 is 40.3 Å². The zero-order valence-corrected chi connectivity index (χ0v) is 20.8. The van der Waals surface area contributed by atoms with Gasteiger partial charge in [0, 0.05) is 17.3 Å². The summed E-state index contributed by atoms with van der Waals surface area (Å²) >= 11 is 6.37. The average molecular weight is 498 g/mol. The summed E-state index contributed by atoms with van der Waals surface area (Å²) < 4.78 is 1.37. The molecule has 35 heavy (non-hydrogen) atoms. The minimum atomic E-state index is -1.14. The van der Waals surface area contributed by atoms with Crippen LogP contribution >= 0.6 is 11.6 Å². The van der Waals surface area contributed by atoms with Gasteiger partial charge in [-0.1, -0.05) is 23.7 Å². The molecule has 1 atom stereocenters. The second-order valence-electron chi connectivity index (χ2n) is 9.67. The van der Waals surface area contributed by atoms with E-state index in [0.29, 0.717) is 16.9 Å². The van der Waals surface area contributed by atoms with Gasteiger partial charge in [-0.25, -0.2) is 14.6 Å². The number of nitrogens with zero attached hydrogens (tertiary/aromatic N) is 3. The number of fused-ring (bicyclic) bond motifs is 1. The van der Waals surface area contributed by atoms with Crippen molar-refractivity contribution in [3.63, 3.8) is 0 Å². The Bertz CT molecular complexity index is 1360. The van der Waals surface area contributed by atoms with Gasteiger partial charge in [0.05, 0.1) is 27.7 Å². The highest BCUT2D eigenvalue weighted by Gasteiger charge is 2.34. The molecule has 1 fully saturated rings. The van der Waals surface area contributed by atoms with Crippen molar-refractivity contribution in [2.75, 3.05) is 5.32 Å². The van der Waals surface area contributed by atoms with Crippen molar-refractivity contribution < 1.29 is 14.7 Å². The van der Waals surface area contributed by atoms with Crippen molar-refractivity contribution in [3.05, 3.63) is 63.7 Å². The van der Waals surface area contributed by atoms with E-state index >= 15 is 0 Å². The molecule has 1 saturated carbocycles. The van der Waals surface area contributed by atoms with Gasteiger partial charge in [-0.2, -0.15) is 0 Å². The summed E-state index contributed by atoms with van der Waals surface area (Å²) in [6, 6.07) is 10.8. The number of nitrogens with one attached hydrogen (secondary N) is 2. The Morgan fingerprint density at radius 3 is 2.51 bits per heavy atom. The van der Waals surface area contributed by atoms with Crippen LogP contribution in [0.15, 0.2) is 47.3 Å². The molecule has 0 spiro atoms.